The van der Waals surface area contributed by atoms with Crippen LogP contribution in [0.1, 0.15) is 125 Å². The van der Waals surface area contributed by atoms with E-state index in [1.807, 2.05) is 57.2 Å². The number of ketones is 1. The van der Waals surface area contributed by atoms with Crippen molar-refractivity contribution in [2.45, 2.75) is 247 Å². The molecule has 4 aliphatic heterocycles. The second-order valence-electron chi connectivity index (χ2n) is 23.6. The largest absolute Gasteiger partial charge is 0.458 e. The Hall–Kier alpha value is -2.80. The monoisotopic (exact) mass is 1090 g/mol. The number of fused-ring (bicyclic) bond motifs is 5. The average molecular weight is 1090 g/mol. The van der Waals surface area contributed by atoms with E-state index in [0.29, 0.717) is 44.9 Å². The molecular formula is C58H86O19. The van der Waals surface area contributed by atoms with Gasteiger partial charge in [-0.05, 0) is 104 Å². The minimum absolute atomic E-state index is 0.0493. The lowest BCUT2D eigenvalue weighted by atomic mass is 9.42. The smallest absolute Gasteiger partial charge is 0.331 e. The molecule has 1 aromatic rings. The molecule has 4 heterocycles. The molecule has 19 heteroatoms. The van der Waals surface area contributed by atoms with Gasteiger partial charge in [-0.1, -0.05) is 48.9 Å². The molecule has 8 aliphatic rings. The van der Waals surface area contributed by atoms with Crippen LogP contribution in [0.15, 0.2) is 48.1 Å². The second-order valence-corrected chi connectivity index (χ2v) is 23.6. The minimum Gasteiger partial charge on any atom is -0.458 e. The summed E-state index contributed by atoms with van der Waals surface area (Å²) in [6.45, 7) is 12.5. The molecule has 4 N–H and O–H groups in total. The number of hydrogen-bond acceptors (Lipinski definition) is 19. The highest BCUT2D eigenvalue weighted by atomic mass is 16.8. The quantitative estimate of drug-likeness (QED) is 0.0942. The lowest BCUT2D eigenvalue weighted by molar-refractivity contribution is -0.347. The topological polar surface area (TPSA) is 235 Å². The summed E-state index contributed by atoms with van der Waals surface area (Å²) in [4.78, 5) is 27.0. The number of hydrogen-bond donors (Lipinski definition) is 4. The van der Waals surface area contributed by atoms with Gasteiger partial charge < -0.3 is 82.0 Å². The van der Waals surface area contributed by atoms with E-state index in [9.17, 15) is 30.0 Å². The number of methoxy groups -OCH3 is 4. The first-order valence-corrected chi connectivity index (χ1v) is 27.9. The summed E-state index contributed by atoms with van der Waals surface area (Å²) in [5.41, 5.74) is -6.24. The molecule has 432 valence electrons. The van der Waals surface area contributed by atoms with E-state index >= 15 is 0 Å². The van der Waals surface area contributed by atoms with Crippen molar-refractivity contribution in [1.82, 2.24) is 0 Å². The zero-order valence-corrected chi connectivity index (χ0v) is 46.8. The maximum atomic E-state index is 13.6. The SMILES string of the molecule is CO[C@H]1C[C@@H](O[C@H]2[C@H](C)O[C@H](O[C@H]3[C@@H](C)O[C@H](O[C@H]4[C@@H](OC)C[C@H](O[C@@H]5CC[C@]6(C)C(=CC[C@@]7(O)[C@H]6C[C@H](OC(=O)/C=C/c6ccccc6)[C@]6(C)[C@@]7(O)CC[C@]6(O)C(C)=O)C5)O[C@@H]4C)C[C@H]3OC)C[C@H]2OC)O[C@H](C)[C@H]1O. The maximum absolute atomic E-state index is 13.6. The highest BCUT2D eigenvalue weighted by Crippen LogP contribution is 2.71. The second kappa shape index (κ2) is 23.2. The number of rotatable bonds is 16. The van der Waals surface area contributed by atoms with Crippen LogP contribution in [0.4, 0.5) is 0 Å². The number of Topliss-reactive ketones (excluding diaryl/α,β-unsaturated/α-hetero) is 1. The molecule has 24 atom stereocenters. The van der Waals surface area contributed by atoms with E-state index < -0.39 is 144 Å². The van der Waals surface area contributed by atoms with Crippen LogP contribution < -0.4 is 0 Å². The van der Waals surface area contributed by atoms with Crippen molar-refractivity contribution >= 4 is 17.8 Å². The van der Waals surface area contributed by atoms with Gasteiger partial charge in [-0.15, -0.1) is 0 Å². The van der Waals surface area contributed by atoms with Crippen molar-refractivity contribution in [3.05, 3.63) is 53.6 Å². The molecule has 0 spiro atoms. The third-order valence-corrected chi connectivity index (χ3v) is 19.6. The normalized spacial score (nSPS) is 48.1. The van der Waals surface area contributed by atoms with Gasteiger partial charge >= 0.3 is 5.97 Å². The van der Waals surface area contributed by atoms with E-state index in [2.05, 4.69) is 6.92 Å². The van der Waals surface area contributed by atoms with Crippen LogP contribution in [0.25, 0.3) is 6.08 Å². The van der Waals surface area contributed by atoms with E-state index in [-0.39, 0.29) is 37.9 Å². The molecule has 9 rings (SSSR count). The first-order chi connectivity index (χ1) is 36.6. The average Bonchev–Trinajstić information content (AvgIpc) is 3.96. The molecule has 0 unspecified atom stereocenters. The van der Waals surface area contributed by atoms with E-state index in [0.717, 1.165) is 11.1 Å². The lowest BCUT2D eigenvalue weighted by Gasteiger charge is -2.67. The van der Waals surface area contributed by atoms with Crippen LogP contribution in [0, 0.1) is 16.7 Å². The Morgan fingerprint density at radius 1 is 0.649 bits per heavy atom. The Morgan fingerprint density at radius 2 is 1.14 bits per heavy atom. The molecule has 0 bridgehead atoms. The van der Waals surface area contributed by atoms with Crippen LogP contribution in [0.3, 0.4) is 0 Å². The summed E-state index contributed by atoms with van der Waals surface area (Å²) in [6, 6.07) is 9.30. The van der Waals surface area contributed by atoms with Crippen LogP contribution in [-0.4, -0.2) is 188 Å². The maximum Gasteiger partial charge on any atom is 0.331 e. The van der Waals surface area contributed by atoms with Crippen molar-refractivity contribution in [2.24, 2.45) is 16.7 Å². The van der Waals surface area contributed by atoms with Crippen molar-refractivity contribution < 1.29 is 91.6 Å². The van der Waals surface area contributed by atoms with Gasteiger partial charge in [-0.3, -0.25) is 4.79 Å². The highest BCUT2D eigenvalue weighted by molar-refractivity contribution is 5.88. The van der Waals surface area contributed by atoms with E-state index in [1.54, 1.807) is 48.4 Å². The van der Waals surface area contributed by atoms with Gasteiger partial charge in [0.15, 0.2) is 30.9 Å². The van der Waals surface area contributed by atoms with Gasteiger partial charge in [-0.2, -0.15) is 0 Å². The third-order valence-electron chi connectivity index (χ3n) is 19.6. The molecule has 4 aliphatic carbocycles. The molecule has 3 saturated carbocycles. The van der Waals surface area contributed by atoms with Crippen LogP contribution in [0.2, 0.25) is 0 Å². The van der Waals surface area contributed by atoms with Gasteiger partial charge in [0, 0.05) is 66.1 Å². The molecule has 19 nitrogen and oxygen atoms in total. The molecule has 0 radical (unpaired) electrons. The van der Waals surface area contributed by atoms with Crippen molar-refractivity contribution in [2.75, 3.05) is 28.4 Å². The standard InChI is InChI=1S/C58H86O19/c1-31-50(61)39(65-8)26-47(69-31)75-52-33(3)71-49(28-41(52)67-10)77-53-34(4)72-48(29-42(53)68-11)76-51-32(2)70-46(27-40(51)66-9)73-38-20-21-54(6)37(25-38)19-22-57(63)43(54)30-44(74-45(60)18-17-36-15-13-12-14-16-36)55(7)56(62,35(5)59)23-24-58(55,57)64/h12-19,31-34,38-44,46-53,61-64H,20-30H2,1-11H3/b18-17+/t31-,32-,33+,34-,38-,39+,40+,41-,42-,43+,44+,46+,47-,48-,49-,50-,51-,52+,53+,54-,55+,56+,57-,58+/m1/s1. The molecule has 0 amide bonds. The van der Waals surface area contributed by atoms with Gasteiger partial charge in [0.1, 0.15) is 47.3 Å². The van der Waals surface area contributed by atoms with Crippen LogP contribution in [0.5, 0.6) is 0 Å². The fourth-order valence-electron chi connectivity index (χ4n) is 15.0. The Balaban J connectivity index is 0.809. The van der Waals surface area contributed by atoms with E-state index in [1.165, 1.54) is 13.0 Å². The zero-order valence-electron chi connectivity index (χ0n) is 46.8. The molecule has 0 aromatic heterocycles. The highest BCUT2D eigenvalue weighted by Gasteiger charge is 2.81. The van der Waals surface area contributed by atoms with Gasteiger partial charge in [0.2, 0.25) is 0 Å². The Morgan fingerprint density at radius 3 is 1.65 bits per heavy atom. The first kappa shape index (κ1) is 58.8. The molecule has 77 heavy (non-hydrogen) atoms. The number of ether oxygens (including phenoxy) is 13. The summed E-state index contributed by atoms with van der Waals surface area (Å²) in [6.07, 6.45) is -1.19. The van der Waals surface area contributed by atoms with Crippen LogP contribution in [-0.2, 0) is 71.2 Å². The summed E-state index contributed by atoms with van der Waals surface area (Å²) in [7, 11) is 6.48. The van der Waals surface area contributed by atoms with Crippen molar-refractivity contribution in [3.63, 3.8) is 0 Å². The summed E-state index contributed by atoms with van der Waals surface area (Å²) < 4.78 is 81.6. The number of carbonyl (C=O) groups excluding carboxylic acids is 2. The minimum atomic E-state index is -2.05. The zero-order chi connectivity index (χ0) is 55.4. The number of benzene rings is 1. The Kier molecular flexibility index (Phi) is 17.7. The summed E-state index contributed by atoms with van der Waals surface area (Å²) >= 11 is 0. The van der Waals surface area contributed by atoms with E-state index in [4.69, 9.17) is 61.6 Å². The number of carbonyl (C=O) groups is 2. The lowest BCUT2D eigenvalue weighted by Crippen LogP contribution is -2.78. The Bertz CT molecular complexity index is 2270. The van der Waals surface area contributed by atoms with Gasteiger partial charge in [0.05, 0.1) is 60.4 Å². The predicted molar refractivity (Wildman–Crippen MR) is 275 cm³/mol. The molecule has 7 fully saturated rings. The van der Waals surface area contributed by atoms with Crippen molar-refractivity contribution in [3.8, 4) is 0 Å². The van der Waals surface area contributed by atoms with Crippen LogP contribution >= 0.6 is 0 Å². The third kappa shape index (κ3) is 10.7. The molecule has 4 saturated heterocycles. The molecular weight excluding hydrogens is 1000 g/mol. The fourth-order valence-corrected chi connectivity index (χ4v) is 15.0. The predicted octanol–water partition coefficient (Wildman–Crippen LogP) is 5.24. The summed E-state index contributed by atoms with van der Waals surface area (Å²) in [5.74, 6) is -1.80. The fraction of sp³-hybridized carbons (Fsp3) is 0.793. The van der Waals surface area contributed by atoms with Gasteiger partial charge in [-0.25, -0.2) is 4.79 Å². The molecule has 1 aromatic carbocycles. The number of esters is 1. The Labute approximate surface area is 453 Å². The van der Waals surface area contributed by atoms with Crippen molar-refractivity contribution in [1.29, 1.82) is 0 Å². The number of aliphatic hydroxyl groups excluding tert-OH is 1. The van der Waals surface area contributed by atoms with Gasteiger partial charge in [0.25, 0.3) is 0 Å². The number of aliphatic hydroxyl groups is 4. The summed E-state index contributed by atoms with van der Waals surface area (Å²) in [5, 5.41) is 48.6. The first-order valence-electron chi connectivity index (χ1n) is 27.9.